The van der Waals surface area contributed by atoms with E-state index in [9.17, 15) is 0 Å². The zero-order valence-electron chi connectivity index (χ0n) is 10.6. The molecule has 0 aromatic heterocycles. The first-order valence-electron chi connectivity index (χ1n) is 6.08. The van der Waals surface area contributed by atoms with Crippen LogP contribution in [-0.4, -0.2) is 6.54 Å². The Labute approximate surface area is 114 Å². The molecule has 17 heavy (non-hydrogen) atoms. The van der Waals surface area contributed by atoms with Crippen LogP contribution in [0.5, 0.6) is 0 Å². The van der Waals surface area contributed by atoms with Gasteiger partial charge in [-0.2, -0.15) is 0 Å². The first-order chi connectivity index (χ1) is 7.90. The van der Waals surface area contributed by atoms with Gasteiger partial charge in [-0.1, -0.05) is 43.1 Å². The molecule has 1 fully saturated rings. The molecule has 1 saturated carbocycles. The number of rotatable bonds is 4. The summed E-state index contributed by atoms with van der Waals surface area (Å²) in [4.78, 5) is 0. The van der Waals surface area contributed by atoms with E-state index in [1.807, 2.05) is 12.1 Å². The molecule has 1 N–H and O–H groups in total. The average molecular weight is 272 g/mol. The third-order valence-corrected chi connectivity index (χ3v) is 4.38. The Hall–Kier alpha value is -0.240. The molecule has 0 aliphatic heterocycles. The maximum absolute atomic E-state index is 6.19. The van der Waals surface area contributed by atoms with E-state index in [1.165, 1.54) is 6.42 Å². The molecule has 0 saturated heterocycles. The van der Waals surface area contributed by atoms with Crippen LogP contribution in [0.4, 0.5) is 0 Å². The third-order valence-electron chi connectivity index (χ3n) is 3.82. The van der Waals surface area contributed by atoms with Crippen molar-refractivity contribution < 1.29 is 0 Å². The van der Waals surface area contributed by atoms with Crippen molar-refractivity contribution in [3.8, 4) is 0 Å². The Morgan fingerprint density at radius 2 is 2.06 bits per heavy atom. The lowest BCUT2D eigenvalue weighted by Gasteiger charge is -2.16. The zero-order chi connectivity index (χ0) is 12.6. The van der Waals surface area contributed by atoms with Crippen LogP contribution >= 0.6 is 23.2 Å². The summed E-state index contributed by atoms with van der Waals surface area (Å²) in [5.41, 5.74) is 1.64. The molecule has 2 rings (SSSR count). The first-order valence-corrected chi connectivity index (χ1v) is 6.84. The number of halogens is 2. The smallest absolute Gasteiger partial charge is 0.0468 e. The summed E-state index contributed by atoms with van der Waals surface area (Å²) in [5, 5.41) is 4.98. The zero-order valence-corrected chi connectivity index (χ0v) is 12.1. The lowest BCUT2D eigenvalue weighted by molar-refractivity contribution is 0.485. The molecule has 94 valence electrons. The van der Waals surface area contributed by atoms with Gasteiger partial charge in [0.1, 0.15) is 0 Å². The van der Waals surface area contributed by atoms with Crippen molar-refractivity contribution in [2.24, 2.45) is 11.3 Å². The molecule has 1 aromatic carbocycles. The van der Waals surface area contributed by atoms with Gasteiger partial charge in [0, 0.05) is 16.1 Å². The quantitative estimate of drug-likeness (QED) is 0.838. The van der Waals surface area contributed by atoms with E-state index in [2.05, 4.69) is 26.1 Å². The van der Waals surface area contributed by atoms with Crippen LogP contribution in [-0.2, 0) is 0 Å². The molecule has 2 unspecified atom stereocenters. The first kappa shape index (κ1) is 13.2. The van der Waals surface area contributed by atoms with Crippen molar-refractivity contribution in [2.45, 2.75) is 33.2 Å². The minimum Gasteiger partial charge on any atom is -0.310 e. The summed E-state index contributed by atoms with van der Waals surface area (Å²) in [6.45, 7) is 7.84. The molecule has 0 amide bonds. The summed E-state index contributed by atoms with van der Waals surface area (Å²) >= 11 is 12.1. The summed E-state index contributed by atoms with van der Waals surface area (Å²) in [6, 6.07) is 5.97. The molecule has 1 aliphatic rings. The molecule has 0 radical (unpaired) electrons. The highest BCUT2D eigenvalue weighted by molar-refractivity contribution is 6.35. The molecule has 2 atom stereocenters. The highest BCUT2D eigenvalue weighted by Crippen LogP contribution is 2.51. The maximum atomic E-state index is 6.19. The van der Waals surface area contributed by atoms with Gasteiger partial charge in [0.15, 0.2) is 0 Å². The van der Waals surface area contributed by atoms with E-state index < -0.39 is 0 Å². The fourth-order valence-electron chi connectivity index (χ4n) is 2.21. The molecule has 3 heteroatoms. The van der Waals surface area contributed by atoms with Gasteiger partial charge in [-0.25, -0.2) is 0 Å². The van der Waals surface area contributed by atoms with Gasteiger partial charge >= 0.3 is 0 Å². The molecular weight excluding hydrogens is 253 g/mol. The van der Waals surface area contributed by atoms with Gasteiger partial charge in [-0.3, -0.25) is 0 Å². The normalized spacial score (nSPS) is 23.5. The van der Waals surface area contributed by atoms with Gasteiger partial charge in [0.2, 0.25) is 0 Å². The summed E-state index contributed by atoms with van der Waals surface area (Å²) in [5.74, 6) is 0.802. The Morgan fingerprint density at radius 3 is 2.59 bits per heavy atom. The third kappa shape index (κ3) is 3.15. The summed E-state index contributed by atoms with van der Waals surface area (Å²) in [7, 11) is 0. The Morgan fingerprint density at radius 1 is 1.41 bits per heavy atom. The van der Waals surface area contributed by atoms with Crippen LogP contribution in [0.15, 0.2) is 18.2 Å². The van der Waals surface area contributed by atoms with Crippen molar-refractivity contribution in [3.63, 3.8) is 0 Å². The number of hydrogen-bond donors (Lipinski definition) is 1. The van der Waals surface area contributed by atoms with E-state index in [1.54, 1.807) is 6.07 Å². The lowest BCUT2D eigenvalue weighted by atomic mass is 10.1. The summed E-state index contributed by atoms with van der Waals surface area (Å²) in [6.07, 6.45) is 1.32. The van der Waals surface area contributed by atoms with Crippen molar-refractivity contribution in [1.29, 1.82) is 0 Å². The maximum Gasteiger partial charge on any atom is 0.0468 e. The molecule has 1 nitrogen and oxygen atoms in total. The average Bonchev–Trinajstić information content (AvgIpc) is 2.83. The second-order valence-electron chi connectivity index (χ2n) is 5.69. The van der Waals surface area contributed by atoms with Gasteiger partial charge in [0.25, 0.3) is 0 Å². The monoisotopic (exact) mass is 271 g/mol. The van der Waals surface area contributed by atoms with E-state index in [0.717, 1.165) is 23.0 Å². The van der Waals surface area contributed by atoms with E-state index >= 15 is 0 Å². The van der Waals surface area contributed by atoms with Crippen molar-refractivity contribution >= 4 is 23.2 Å². The Bertz CT molecular complexity index is 415. The van der Waals surface area contributed by atoms with Crippen LogP contribution in [0.1, 0.15) is 38.8 Å². The molecule has 1 aliphatic carbocycles. The van der Waals surface area contributed by atoms with E-state index in [-0.39, 0.29) is 6.04 Å². The van der Waals surface area contributed by atoms with Crippen LogP contribution in [0.25, 0.3) is 0 Å². The van der Waals surface area contributed by atoms with E-state index in [4.69, 9.17) is 23.2 Å². The predicted octanol–water partition coefficient (Wildman–Crippen LogP) is 4.69. The molecular formula is C14H19Cl2N. The highest BCUT2D eigenvalue weighted by atomic mass is 35.5. The Kier molecular flexibility index (Phi) is 3.72. The second kappa shape index (κ2) is 4.79. The second-order valence-corrected chi connectivity index (χ2v) is 6.53. The predicted molar refractivity (Wildman–Crippen MR) is 74.8 cm³/mol. The van der Waals surface area contributed by atoms with Gasteiger partial charge in [-0.15, -0.1) is 0 Å². The number of benzene rings is 1. The van der Waals surface area contributed by atoms with Crippen molar-refractivity contribution in [3.05, 3.63) is 33.8 Å². The van der Waals surface area contributed by atoms with Gasteiger partial charge in [0.05, 0.1) is 0 Å². The number of hydrogen-bond acceptors (Lipinski definition) is 1. The van der Waals surface area contributed by atoms with Crippen molar-refractivity contribution in [1.82, 2.24) is 5.32 Å². The van der Waals surface area contributed by atoms with E-state index in [0.29, 0.717) is 10.4 Å². The largest absolute Gasteiger partial charge is 0.310 e. The fraction of sp³-hybridized carbons (Fsp3) is 0.571. The van der Waals surface area contributed by atoms with Gasteiger partial charge in [-0.05, 0) is 48.9 Å². The molecule has 0 bridgehead atoms. The van der Waals surface area contributed by atoms with Crippen LogP contribution < -0.4 is 5.32 Å². The standard InChI is InChI=1S/C14H19Cl2N/c1-9(17-8-10-7-14(10,2)3)12-5-4-11(15)6-13(12)16/h4-6,9-10,17H,7-8H2,1-3H3. The minimum absolute atomic E-state index is 0.274. The SMILES string of the molecule is CC(NCC1CC1(C)C)c1ccc(Cl)cc1Cl. The Balaban J connectivity index is 1.93. The van der Waals surface area contributed by atoms with Crippen LogP contribution in [0.2, 0.25) is 10.0 Å². The summed E-state index contributed by atoms with van der Waals surface area (Å²) < 4.78 is 0. The van der Waals surface area contributed by atoms with Crippen LogP contribution in [0, 0.1) is 11.3 Å². The number of nitrogens with one attached hydrogen (secondary N) is 1. The fourth-order valence-corrected chi connectivity index (χ4v) is 2.78. The van der Waals surface area contributed by atoms with Crippen LogP contribution in [0.3, 0.4) is 0 Å². The topological polar surface area (TPSA) is 12.0 Å². The molecule has 1 aromatic rings. The minimum atomic E-state index is 0.274. The lowest BCUT2D eigenvalue weighted by Crippen LogP contribution is -2.22. The van der Waals surface area contributed by atoms with Gasteiger partial charge < -0.3 is 5.32 Å². The molecule has 0 spiro atoms. The van der Waals surface area contributed by atoms with Crippen molar-refractivity contribution in [2.75, 3.05) is 6.54 Å². The highest BCUT2D eigenvalue weighted by Gasteiger charge is 2.44. The molecule has 0 heterocycles.